The van der Waals surface area contributed by atoms with E-state index in [2.05, 4.69) is 40.3 Å². The van der Waals surface area contributed by atoms with Gasteiger partial charge in [0.2, 0.25) is 0 Å². The van der Waals surface area contributed by atoms with Gasteiger partial charge in [-0.15, -0.1) is 0 Å². The Kier molecular flexibility index (Phi) is 8.80. The summed E-state index contributed by atoms with van der Waals surface area (Å²) in [5, 5.41) is 14.3. The first-order chi connectivity index (χ1) is 21.4. The zero-order valence-electron chi connectivity index (χ0n) is 24.5. The van der Waals surface area contributed by atoms with E-state index in [1.807, 2.05) is 91.0 Å². The van der Waals surface area contributed by atoms with Gasteiger partial charge in [-0.3, -0.25) is 4.79 Å². The van der Waals surface area contributed by atoms with E-state index >= 15 is 0 Å². The largest absolute Gasteiger partial charge is 0.507 e. The van der Waals surface area contributed by atoms with Gasteiger partial charge in [-0.25, -0.2) is 4.79 Å². The molecule has 1 amide bonds. The third-order valence-electron chi connectivity index (χ3n) is 8.44. The SMILES string of the molecule is CCC(Cc1ccccc1)c1cc(O)c(C(c2cccc(NC(=O)c3ccccc3-c3ccc(Br)cc3)c2)C2CC2)c(=O)o1. The molecule has 4 aromatic carbocycles. The summed E-state index contributed by atoms with van der Waals surface area (Å²) >= 11 is 3.47. The molecular weight excluding hydrogens is 614 g/mol. The molecule has 5 aromatic rings. The second-order valence-electron chi connectivity index (χ2n) is 11.5. The summed E-state index contributed by atoms with van der Waals surface area (Å²) in [5.41, 5.74) is 4.77. The van der Waals surface area contributed by atoms with E-state index in [-0.39, 0.29) is 35.0 Å². The maximum absolute atomic E-state index is 13.5. The number of benzene rings is 4. The number of hydrogen-bond acceptors (Lipinski definition) is 4. The molecule has 6 heteroatoms. The van der Waals surface area contributed by atoms with Gasteiger partial charge in [0, 0.05) is 33.6 Å². The number of amides is 1. The Morgan fingerprint density at radius 2 is 1.66 bits per heavy atom. The quantitative estimate of drug-likeness (QED) is 0.158. The molecule has 0 bridgehead atoms. The molecule has 5 nitrogen and oxygen atoms in total. The smallest absolute Gasteiger partial charge is 0.343 e. The van der Waals surface area contributed by atoms with E-state index < -0.39 is 5.63 Å². The molecule has 1 saturated carbocycles. The monoisotopic (exact) mass is 647 g/mol. The lowest BCUT2D eigenvalue weighted by atomic mass is 9.86. The Morgan fingerprint density at radius 3 is 2.36 bits per heavy atom. The fourth-order valence-corrected chi connectivity index (χ4v) is 6.28. The third kappa shape index (κ3) is 6.56. The molecular formula is C38H34BrNO4. The molecule has 1 aliphatic carbocycles. The third-order valence-corrected chi connectivity index (χ3v) is 8.97. The van der Waals surface area contributed by atoms with Crippen LogP contribution in [0.15, 0.2) is 123 Å². The summed E-state index contributed by atoms with van der Waals surface area (Å²) in [6.07, 6.45) is 3.40. The Labute approximate surface area is 265 Å². The van der Waals surface area contributed by atoms with Crippen molar-refractivity contribution in [2.45, 2.75) is 44.4 Å². The van der Waals surface area contributed by atoms with Gasteiger partial charge in [0.15, 0.2) is 0 Å². The molecule has 0 spiro atoms. The number of anilines is 1. The van der Waals surface area contributed by atoms with Gasteiger partial charge in [-0.1, -0.05) is 95.7 Å². The summed E-state index contributed by atoms with van der Waals surface area (Å²) in [6, 6.07) is 34.7. The molecule has 2 atom stereocenters. The molecule has 2 N–H and O–H groups in total. The van der Waals surface area contributed by atoms with Gasteiger partial charge in [0.25, 0.3) is 5.91 Å². The molecule has 44 heavy (non-hydrogen) atoms. The average Bonchev–Trinajstić information content (AvgIpc) is 3.88. The van der Waals surface area contributed by atoms with Crippen LogP contribution < -0.4 is 10.9 Å². The molecule has 222 valence electrons. The van der Waals surface area contributed by atoms with Crippen LogP contribution in [0, 0.1) is 5.92 Å². The Morgan fingerprint density at radius 1 is 0.932 bits per heavy atom. The van der Waals surface area contributed by atoms with Crippen LogP contribution in [0.4, 0.5) is 5.69 Å². The second-order valence-corrected chi connectivity index (χ2v) is 12.4. The molecule has 0 radical (unpaired) electrons. The predicted octanol–water partition coefficient (Wildman–Crippen LogP) is 9.31. The van der Waals surface area contributed by atoms with Crippen molar-refractivity contribution >= 4 is 27.5 Å². The standard InChI is InChI=1S/C38H34BrNO4/c1-2-25(21-24-9-4-3-5-10-24)34-23-33(41)36(38(43)44-34)35(27-15-16-27)28-11-8-12-30(22-28)40-37(42)32-14-7-6-13-31(32)26-17-19-29(39)20-18-26/h3-14,17-20,22-23,25,27,35,41H,2,15-16,21H2,1H3,(H,40,42). The van der Waals surface area contributed by atoms with Gasteiger partial charge >= 0.3 is 5.63 Å². The number of carbonyl (C=O) groups excluding carboxylic acids is 1. The maximum Gasteiger partial charge on any atom is 0.343 e. The van der Waals surface area contributed by atoms with E-state index in [4.69, 9.17) is 4.42 Å². The van der Waals surface area contributed by atoms with Crippen LogP contribution in [0.3, 0.4) is 0 Å². The Balaban J connectivity index is 1.28. The van der Waals surface area contributed by atoms with Crippen molar-refractivity contribution in [1.82, 2.24) is 0 Å². The van der Waals surface area contributed by atoms with Crippen molar-refractivity contribution < 1.29 is 14.3 Å². The number of halogens is 1. The van der Waals surface area contributed by atoms with Crippen molar-refractivity contribution in [3.05, 3.63) is 152 Å². The highest BCUT2D eigenvalue weighted by Crippen LogP contribution is 2.48. The minimum Gasteiger partial charge on any atom is -0.507 e. The summed E-state index contributed by atoms with van der Waals surface area (Å²) in [6.45, 7) is 2.06. The number of aromatic hydroxyl groups is 1. The molecule has 6 rings (SSSR count). The van der Waals surface area contributed by atoms with Crippen LogP contribution in [0.25, 0.3) is 11.1 Å². The lowest BCUT2D eigenvalue weighted by Crippen LogP contribution is -2.18. The molecule has 0 aliphatic heterocycles. The number of nitrogens with one attached hydrogen (secondary N) is 1. The molecule has 2 unspecified atom stereocenters. The van der Waals surface area contributed by atoms with E-state index in [0.29, 0.717) is 17.0 Å². The minimum absolute atomic E-state index is 0.0248. The number of hydrogen-bond donors (Lipinski definition) is 2. The van der Waals surface area contributed by atoms with Crippen LogP contribution in [-0.4, -0.2) is 11.0 Å². The first kappa shape index (κ1) is 29.6. The van der Waals surface area contributed by atoms with Crippen molar-refractivity contribution in [2.75, 3.05) is 5.32 Å². The van der Waals surface area contributed by atoms with Crippen molar-refractivity contribution in [3.63, 3.8) is 0 Å². The van der Waals surface area contributed by atoms with E-state index in [9.17, 15) is 14.7 Å². The van der Waals surface area contributed by atoms with Crippen LogP contribution in [-0.2, 0) is 6.42 Å². The first-order valence-corrected chi connectivity index (χ1v) is 15.9. The number of carbonyl (C=O) groups is 1. The topological polar surface area (TPSA) is 79.5 Å². The first-order valence-electron chi connectivity index (χ1n) is 15.1. The Hall–Kier alpha value is -4.42. The van der Waals surface area contributed by atoms with Crippen molar-refractivity contribution in [1.29, 1.82) is 0 Å². The Bertz CT molecular complexity index is 1830. The van der Waals surface area contributed by atoms with E-state index in [1.54, 1.807) is 6.07 Å². The molecule has 1 fully saturated rings. The summed E-state index contributed by atoms with van der Waals surface area (Å²) in [4.78, 5) is 27.0. The van der Waals surface area contributed by atoms with Gasteiger partial charge in [0.05, 0.1) is 5.56 Å². The highest BCUT2D eigenvalue weighted by Gasteiger charge is 2.38. The molecule has 1 aromatic heterocycles. The number of rotatable bonds is 10. The summed E-state index contributed by atoms with van der Waals surface area (Å²) in [5.74, 6) is 0.106. The normalized spacial score (nSPS) is 14.1. The zero-order chi connectivity index (χ0) is 30.6. The van der Waals surface area contributed by atoms with Crippen LogP contribution in [0.5, 0.6) is 5.75 Å². The van der Waals surface area contributed by atoms with Gasteiger partial charge in [0.1, 0.15) is 11.5 Å². The lowest BCUT2D eigenvalue weighted by molar-refractivity contribution is 0.102. The second kappa shape index (κ2) is 13.1. The maximum atomic E-state index is 13.5. The van der Waals surface area contributed by atoms with Crippen LogP contribution >= 0.6 is 15.9 Å². The van der Waals surface area contributed by atoms with Crippen LogP contribution in [0.2, 0.25) is 0 Å². The summed E-state index contributed by atoms with van der Waals surface area (Å²) in [7, 11) is 0. The van der Waals surface area contributed by atoms with Gasteiger partial charge in [-0.2, -0.15) is 0 Å². The molecule has 1 heterocycles. The van der Waals surface area contributed by atoms with E-state index in [0.717, 1.165) is 52.4 Å². The highest BCUT2D eigenvalue weighted by molar-refractivity contribution is 9.10. The van der Waals surface area contributed by atoms with Gasteiger partial charge in [-0.05, 0) is 84.2 Å². The predicted molar refractivity (Wildman–Crippen MR) is 178 cm³/mol. The molecule has 0 saturated heterocycles. The van der Waals surface area contributed by atoms with Crippen molar-refractivity contribution in [2.24, 2.45) is 5.92 Å². The minimum atomic E-state index is -0.499. The summed E-state index contributed by atoms with van der Waals surface area (Å²) < 4.78 is 6.89. The fourth-order valence-electron chi connectivity index (χ4n) is 6.02. The highest BCUT2D eigenvalue weighted by atomic mass is 79.9. The van der Waals surface area contributed by atoms with E-state index in [1.165, 1.54) is 0 Å². The lowest BCUT2D eigenvalue weighted by Gasteiger charge is -2.20. The zero-order valence-corrected chi connectivity index (χ0v) is 26.1. The van der Waals surface area contributed by atoms with Crippen LogP contribution in [0.1, 0.15) is 70.8 Å². The molecule has 1 aliphatic rings. The fraction of sp³-hybridized carbons (Fsp3) is 0.211. The average molecular weight is 649 g/mol. The van der Waals surface area contributed by atoms with Crippen molar-refractivity contribution in [3.8, 4) is 16.9 Å². The van der Waals surface area contributed by atoms with Gasteiger partial charge < -0.3 is 14.8 Å².